The van der Waals surface area contributed by atoms with Crippen LogP contribution in [0.1, 0.15) is 26.7 Å². The third kappa shape index (κ3) is 1.22. The van der Waals surface area contributed by atoms with Crippen molar-refractivity contribution < 1.29 is 0 Å². The number of hydrogen-bond acceptors (Lipinski definition) is 1. The molecule has 1 aliphatic heterocycles. The Labute approximate surface area is 51.5 Å². The Kier molecular flexibility index (Phi) is 1.90. The van der Waals surface area contributed by atoms with Crippen LogP contribution >= 0.6 is 0 Å². The highest BCUT2D eigenvalue weighted by molar-refractivity contribution is 4.73. The summed E-state index contributed by atoms with van der Waals surface area (Å²) in [6.45, 7) is 5.81. The molecule has 1 rings (SSSR count). The van der Waals surface area contributed by atoms with Crippen LogP contribution in [0.15, 0.2) is 0 Å². The second-order valence-corrected chi connectivity index (χ2v) is 2.86. The molecule has 0 amide bonds. The lowest BCUT2D eigenvalue weighted by molar-refractivity contribution is 0.319. The molecule has 0 saturated carbocycles. The highest BCUT2D eigenvalue weighted by Gasteiger charge is 2.14. The van der Waals surface area contributed by atoms with Crippen LogP contribution in [0.25, 0.3) is 0 Å². The zero-order valence-corrected chi connectivity index (χ0v) is 5.78. The van der Waals surface area contributed by atoms with Gasteiger partial charge in [0.25, 0.3) is 0 Å². The second-order valence-electron chi connectivity index (χ2n) is 2.86. The second kappa shape index (κ2) is 2.49. The van der Waals surface area contributed by atoms with E-state index in [1.54, 1.807) is 0 Å². The molecule has 0 bridgehead atoms. The highest BCUT2D eigenvalue weighted by Crippen LogP contribution is 2.13. The summed E-state index contributed by atoms with van der Waals surface area (Å²) in [4.78, 5) is 0. The van der Waals surface area contributed by atoms with E-state index >= 15 is 0 Å². The lowest BCUT2D eigenvalue weighted by Gasteiger charge is -2.26. The average molecular weight is 113 g/mol. The van der Waals surface area contributed by atoms with Gasteiger partial charge in [-0.25, -0.2) is 0 Å². The first-order chi connectivity index (χ1) is 3.80. The van der Waals surface area contributed by atoms with Gasteiger partial charge >= 0.3 is 0 Å². The van der Waals surface area contributed by atoms with Crippen LogP contribution in [0.5, 0.6) is 0 Å². The smallest absolute Gasteiger partial charge is 0.00643 e. The quantitative estimate of drug-likeness (QED) is 0.500. The third-order valence-corrected chi connectivity index (χ3v) is 2.16. The maximum atomic E-state index is 3.43. The van der Waals surface area contributed by atoms with Crippen molar-refractivity contribution in [2.45, 2.75) is 32.7 Å². The Hall–Kier alpha value is -0.0400. The van der Waals surface area contributed by atoms with Crippen molar-refractivity contribution in [2.24, 2.45) is 5.92 Å². The van der Waals surface area contributed by atoms with E-state index in [2.05, 4.69) is 19.2 Å². The summed E-state index contributed by atoms with van der Waals surface area (Å²) in [6.07, 6.45) is 2.78. The Morgan fingerprint density at radius 1 is 1.38 bits per heavy atom. The summed E-state index contributed by atoms with van der Waals surface area (Å²) in [5.41, 5.74) is 0. The van der Waals surface area contributed by atoms with Crippen molar-refractivity contribution in [1.29, 1.82) is 0 Å². The Morgan fingerprint density at radius 2 is 2.12 bits per heavy atom. The molecule has 1 fully saturated rings. The van der Waals surface area contributed by atoms with Gasteiger partial charge in [0.2, 0.25) is 0 Å². The number of piperidine rings is 1. The van der Waals surface area contributed by atoms with Crippen LogP contribution < -0.4 is 5.32 Å². The molecule has 0 aromatic rings. The van der Waals surface area contributed by atoms with Crippen molar-refractivity contribution in [3.63, 3.8) is 0 Å². The van der Waals surface area contributed by atoms with Gasteiger partial charge in [-0.1, -0.05) is 6.92 Å². The summed E-state index contributed by atoms with van der Waals surface area (Å²) >= 11 is 0. The monoisotopic (exact) mass is 113 g/mol. The topological polar surface area (TPSA) is 12.0 Å². The zero-order valence-electron chi connectivity index (χ0n) is 5.78. The van der Waals surface area contributed by atoms with E-state index < -0.39 is 0 Å². The summed E-state index contributed by atoms with van der Waals surface area (Å²) < 4.78 is 0. The van der Waals surface area contributed by atoms with Crippen molar-refractivity contribution in [3.05, 3.63) is 0 Å². The fourth-order valence-electron chi connectivity index (χ4n) is 1.20. The molecule has 0 unspecified atom stereocenters. The first kappa shape index (κ1) is 6.09. The largest absolute Gasteiger partial charge is 0.314 e. The van der Waals surface area contributed by atoms with Gasteiger partial charge in [-0.05, 0) is 32.2 Å². The summed E-state index contributed by atoms with van der Waals surface area (Å²) in [5.74, 6) is 0.892. The van der Waals surface area contributed by atoms with Crippen LogP contribution in [0.4, 0.5) is 0 Å². The van der Waals surface area contributed by atoms with Gasteiger partial charge in [0, 0.05) is 6.04 Å². The highest BCUT2D eigenvalue weighted by atomic mass is 14.9. The number of rotatable bonds is 0. The fourth-order valence-corrected chi connectivity index (χ4v) is 1.20. The molecule has 2 atom stereocenters. The van der Waals surface area contributed by atoms with Gasteiger partial charge in [-0.2, -0.15) is 0 Å². The molecule has 1 aliphatic rings. The molecule has 0 radical (unpaired) electrons. The molecule has 0 aromatic carbocycles. The zero-order chi connectivity index (χ0) is 5.98. The van der Waals surface area contributed by atoms with E-state index in [4.69, 9.17) is 0 Å². The fraction of sp³-hybridized carbons (Fsp3) is 1.00. The maximum Gasteiger partial charge on any atom is 0.00643 e. The predicted octanol–water partition coefficient (Wildman–Crippen LogP) is 1.39. The summed E-state index contributed by atoms with van der Waals surface area (Å²) in [7, 11) is 0. The van der Waals surface area contributed by atoms with E-state index in [0.29, 0.717) is 0 Å². The predicted molar refractivity (Wildman–Crippen MR) is 35.9 cm³/mol. The van der Waals surface area contributed by atoms with Crippen molar-refractivity contribution in [2.75, 3.05) is 6.54 Å². The van der Waals surface area contributed by atoms with Gasteiger partial charge in [0.15, 0.2) is 0 Å². The minimum atomic E-state index is 0.753. The molecule has 1 nitrogen and oxygen atoms in total. The minimum absolute atomic E-state index is 0.753. The van der Waals surface area contributed by atoms with Gasteiger partial charge < -0.3 is 5.32 Å². The molecule has 48 valence electrons. The maximum absolute atomic E-state index is 3.43. The van der Waals surface area contributed by atoms with Gasteiger partial charge in [-0.3, -0.25) is 0 Å². The lowest BCUT2D eigenvalue weighted by Crippen LogP contribution is -2.37. The lowest BCUT2D eigenvalue weighted by atomic mass is 9.94. The van der Waals surface area contributed by atoms with Crippen LogP contribution in [0.2, 0.25) is 0 Å². The summed E-state index contributed by atoms with van der Waals surface area (Å²) in [5, 5.41) is 3.43. The number of nitrogens with one attached hydrogen (secondary N) is 1. The average Bonchev–Trinajstić information content (AvgIpc) is 1.77. The minimum Gasteiger partial charge on any atom is -0.314 e. The molecule has 1 heteroatoms. The molecular formula is C7H15N. The van der Waals surface area contributed by atoms with Crippen molar-refractivity contribution >= 4 is 0 Å². The Bertz CT molecular complexity index is 60.8. The van der Waals surface area contributed by atoms with Gasteiger partial charge in [0.05, 0.1) is 0 Å². The SMILES string of the molecule is C[C@@H]1CCCN[C@@H]1C. The van der Waals surface area contributed by atoms with E-state index in [1.807, 2.05) is 0 Å². The van der Waals surface area contributed by atoms with Crippen LogP contribution in [0, 0.1) is 5.92 Å². The van der Waals surface area contributed by atoms with Crippen molar-refractivity contribution in [1.82, 2.24) is 5.32 Å². The first-order valence-corrected chi connectivity index (χ1v) is 3.54. The molecule has 0 spiro atoms. The Morgan fingerprint density at radius 3 is 2.50 bits per heavy atom. The van der Waals surface area contributed by atoms with Gasteiger partial charge in [-0.15, -0.1) is 0 Å². The van der Waals surface area contributed by atoms with Crippen molar-refractivity contribution in [3.8, 4) is 0 Å². The number of hydrogen-bond donors (Lipinski definition) is 1. The molecule has 0 aromatic heterocycles. The molecule has 1 heterocycles. The molecule has 1 N–H and O–H groups in total. The summed E-state index contributed by atoms with van der Waals surface area (Å²) in [6, 6.07) is 0.753. The van der Waals surface area contributed by atoms with E-state index in [0.717, 1.165) is 12.0 Å². The van der Waals surface area contributed by atoms with Gasteiger partial charge in [0.1, 0.15) is 0 Å². The normalized spacial score (nSPS) is 39.8. The third-order valence-electron chi connectivity index (χ3n) is 2.16. The van der Waals surface area contributed by atoms with E-state index in [1.165, 1.54) is 19.4 Å². The standard InChI is InChI=1S/C7H15N/c1-6-4-3-5-8-7(6)2/h6-8H,3-5H2,1-2H3/t6-,7-/m1/s1. The molecule has 1 saturated heterocycles. The van der Waals surface area contributed by atoms with E-state index in [9.17, 15) is 0 Å². The van der Waals surface area contributed by atoms with E-state index in [-0.39, 0.29) is 0 Å². The molecule has 0 aliphatic carbocycles. The van der Waals surface area contributed by atoms with Crippen LogP contribution in [-0.2, 0) is 0 Å². The first-order valence-electron chi connectivity index (χ1n) is 3.54. The molecular weight excluding hydrogens is 98.1 g/mol. The Balaban J connectivity index is 2.28. The van der Waals surface area contributed by atoms with Crippen LogP contribution in [-0.4, -0.2) is 12.6 Å². The van der Waals surface area contributed by atoms with Crippen LogP contribution in [0.3, 0.4) is 0 Å². The molecule has 8 heavy (non-hydrogen) atoms.